The molecule has 1 unspecified atom stereocenters. The number of carbonyl (C=O) groups is 1. The summed E-state index contributed by atoms with van der Waals surface area (Å²) in [4.78, 5) is 15.2. The first-order chi connectivity index (χ1) is 13.6. The molecule has 0 spiro atoms. The van der Waals surface area contributed by atoms with E-state index in [1.165, 1.54) is 21.3 Å². The first-order valence-electron chi connectivity index (χ1n) is 9.36. The zero-order valence-corrected chi connectivity index (χ0v) is 17.2. The van der Waals surface area contributed by atoms with Gasteiger partial charge in [-0.25, -0.2) is 4.79 Å². The van der Waals surface area contributed by atoms with Gasteiger partial charge in [0, 0.05) is 6.54 Å². The molecule has 0 N–H and O–H groups in total. The van der Waals surface area contributed by atoms with Crippen LogP contribution in [0.4, 0.5) is 0 Å². The Morgan fingerprint density at radius 2 is 1.50 bits per heavy atom. The lowest BCUT2D eigenvalue weighted by Crippen LogP contribution is -2.30. The second-order valence-electron chi connectivity index (χ2n) is 6.20. The van der Waals surface area contributed by atoms with E-state index in [0.29, 0.717) is 29.4 Å². The fraction of sp³-hybridized carbons (Fsp3) is 0.409. The Labute approximate surface area is 167 Å². The van der Waals surface area contributed by atoms with E-state index in [2.05, 4.69) is 18.7 Å². The molecule has 0 aliphatic carbocycles. The van der Waals surface area contributed by atoms with E-state index in [9.17, 15) is 4.79 Å². The SMILES string of the molecule is CCN(CC)CC(OC(=O)c1cc(OC)c(OC)c(OC)c1)c1ccccc1. The minimum Gasteiger partial charge on any atom is -0.493 e. The summed E-state index contributed by atoms with van der Waals surface area (Å²) in [5.41, 5.74) is 1.30. The highest BCUT2D eigenvalue weighted by Gasteiger charge is 2.23. The summed E-state index contributed by atoms with van der Waals surface area (Å²) in [5, 5.41) is 0. The van der Waals surface area contributed by atoms with Gasteiger partial charge in [0.15, 0.2) is 11.5 Å². The Balaban J connectivity index is 2.32. The van der Waals surface area contributed by atoms with Crippen LogP contribution in [0.3, 0.4) is 0 Å². The number of nitrogens with zero attached hydrogens (tertiary/aromatic N) is 1. The van der Waals surface area contributed by atoms with Crippen molar-refractivity contribution in [2.45, 2.75) is 20.0 Å². The molecular formula is C22H29NO5. The topological polar surface area (TPSA) is 57.2 Å². The number of esters is 1. The van der Waals surface area contributed by atoms with Crippen molar-refractivity contribution in [1.82, 2.24) is 4.90 Å². The summed E-state index contributed by atoms with van der Waals surface area (Å²) in [6.45, 7) is 6.55. The Hall–Kier alpha value is -2.73. The Morgan fingerprint density at radius 3 is 1.96 bits per heavy atom. The number of ether oxygens (including phenoxy) is 4. The highest BCUT2D eigenvalue weighted by molar-refractivity contribution is 5.91. The number of carbonyl (C=O) groups excluding carboxylic acids is 1. The van der Waals surface area contributed by atoms with E-state index in [1.54, 1.807) is 12.1 Å². The van der Waals surface area contributed by atoms with Crippen LogP contribution in [0.2, 0.25) is 0 Å². The standard InChI is InChI=1S/C22H29NO5/c1-6-23(7-2)15-20(16-11-9-8-10-12-16)28-22(24)17-13-18(25-3)21(27-5)19(14-17)26-4/h8-14,20H,6-7,15H2,1-5H3. The van der Waals surface area contributed by atoms with Gasteiger partial charge < -0.3 is 18.9 Å². The fourth-order valence-electron chi connectivity index (χ4n) is 2.99. The lowest BCUT2D eigenvalue weighted by atomic mass is 10.1. The summed E-state index contributed by atoms with van der Waals surface area (Å²) in [5.74, 6) is 0.812. The van der Waals surface area contributed by atoms with Crippen LogP contribution in [0, 0.1) is 0 Å². The third kappa shape index (κ3) is 5.16. The molecule has 0 radical (unpaired) electrons. The first-order valence-corrected chi connectivity index (χ1v) is 9.36. The highest BCUT2D eigenvalue weighted by Crippen LogP contribution is 2.38. The summed E-state index contributed by atoms with van der Waals surface area (Å²) in [6, 6.07) is 13.0. The lowest BCUT2D eigenvalue weighted by molar-refractivity contribution is 0.0203. The predicted molar refractivity (Wildman–Crippen MR) is 108 cm³/mol. The molecular weight excluding hydrogens is 358 g/mol. The van der Waals surface area contributed by atoms with Crippen LogP contribution in [-0.2, 0) is 4.74 Å². The molecule has 0 aliphatic heterocycles. The maximum absolute atomic E-state index is 12.9. The number of hydrogen-bond acceptors (Lipinski definition) is 6. The van der Waals surface area contributed by atoms with E-state index >= 15 is 0 Å². The Morgan fingerprint density at radius 1 is 0.929 bits per heavy atom. The van der Waals surface area contributed by atoms with Crippen LogP contribution in [0.5, 0.6) is 17.2 Å². The van der Waals surface area contributed by atoms with Gasteiger partial charge in [-0.2, -0.15) is 0 Å². The zero-order chi connectivity index (χ0) is 20.5. The van der Waals surface area contributed by atoms with Crippen molar-refractivity contribution in [2.24, 2.45) is 0 Å². The van der Waals surface area contributed by atoms with Crippen LogP contribution in [0.15, 0.2) is 42.5 Å². The van der Waals surface area contributed by atoms with E-state index in [-0.39, 0.29) is 6.10 Å². The molecule has 0 bridgehead atoms. The van der Waals surface area contributed by atoms with Crippen LogP contribution in [0.1, 0.15) is 35.9 Å². The van der Waals surface area contributed by atoms with Gasteiger partial charge in [-0.15, -0.1) is 0 Å². The average Bonchev–Trinajstić information content (AvgIpc) is 2.75. The van der Waals surface area contributed by atoms with Gasteiger partial charge in [0.05, 0.1) is 26.9 Å². The van der Waals surface area contributed by atoms with Crippen molar-refractivity contribution in [3.8, 4) is 17.2 Å². The lowest BCUT2D eigenvalue weighted by Gasteiger charge is -2.26. The largest absolute Gasteiger partial charge is 0.493 e. The number of benzene rings is 2. The molecule has 6 heteroatoms. The summed E-state index contributed by atoms with van der Waals surface area (Å²) in [7, 11) is 4.55. The molecule has 0 amide bonds. The summed E-state index contributed by atoms with van der Waals surface area (Å²) >= 11 is 0. The molecule has 152 valence electrons. The molecule has 0 aliphatic rings. The third-order valence-corrected chi connectivity index (χ3v) is 4.64. The van der Waals surface area contributed by atoms with Crippen molar-refractivity contribution in [3.63, 3.8) is 0 Å². The van der Waals surface area contributed by atoms with Gasteiger partial charge in [0.2, 0.25) is 5.75 Å². The molecule has 1 atom stereocenters. The average molecular weight is 387 g/mol. The number of rotatable bonds is 10. The van der Waals surface area contributed by atoms with Crippen molar-refractivity contribution in [1.29, 1.82) is 0 Å². The predicted octanol–water partition coefficient (Wildman–Crippen LogP) is 3.95. The molecule has 2 aromatic carbocycles. The molecule has 0 aromatic heterocycles. The Kier molecular flexibility index (Phi) is 8.14. The Bertz CT molecular complexity index is 734. The molecule has 6 nitrogen and oxygen atoms in total. The van der Waals surface area contributed by atoms with Crippen molar-refractivity contribution in [2.75, 3.05) is 41.0 Å². The monoisotopic (exact) mass is 387 g/mol. The highest BCUT2D eigenvalue weighted by atomic mass is 16.5. The van der Waals surface area contributed by atoms with Gasteiger partial charge in [0.25, 0.3) is 0 Å². The van der Waals surface area contributed by atoms with Crippen LogP contribution in [-0.4, -0.2) is 51.8 Å². The maximum Gasteiger partial charge on any atom is 0.339 e. The molecule has 0 saturated carbocycles. The molecule has 2 rings (SSSR count). The number of hydrogen-bond donors (Lipinski definition) is 0. The van der Waals surface area contributed by atoms with Crippen molar-refractivity contribution in [3.05, 3.63) is 53.6 Å². The summed E-state index contributed by atoms with van der Waals surface area (Å²) < 4.78 is 21.9. The summed E-state index contributed by atoms with van der Waals surface area (Å²) in [6.07, 6.45) is -0.382. The number of methoxy groups -OCH3 is 3. The quantitative estimate of drug-likeness (QED) is 0.576. The van der Waals surface area contributed by atoms with Gasteiger partial charge in [-0.05, 0) is 30.8 Å². The fourth-order valence-corrected chi connectivity index (χ4v) is 2.99. The molecule has 0 fully saturated rings. The van der Waals surface area contributed by atoms with E-state index < -0.39 is 5.97 Å². The van der Waals surface area contributed by atoms with Gasteiger partial charge in [0.1, 0.15) is 6.10 Å². The van der Waals surface area contributed by atoms with Crippen molar-refractivity contribution >= 4 is 5.97 Å². The van der Waals surface area contributed by atoms with E-state index in [4.69, 9.17) is 18.9 Å². The van der Waals surface area contributed by atoms with Crippen LogP contribution >= 0.6 is 0 Å². The van der Waals surface area contributed by atoms with Gasteiger partial charge in [-0.3, -0.25) is 4.90 Å². The minimum atomic E-state index is -0.444. The van der Waals surface area contributed by atoms with E-state index in [0.717, 1.165) is 18.7 Å². The second kappa shape index (κ2) is 10.6. The van der Waals surface area contributed by atoms with Gasteiger partial charge >= 0.3 is 5.97 Å². The van der Waals surface area contributed by atoms with Crippen LogP contribution < -0.4 is 14.2 Å². The normalized spacial score (nSPS) is 11.8. The minimum absolute atomic E-state index is 0.343. The zero-order valence-electron chi connectivity index (χ0n) is 17.2. The van der Waals surface area contributed by atoms with Gasteiger partial charge in [-0.1, -0.05) is 44.2 Å². The third-order valence-electron chi connectivity index (χ3n) is 4.64. The van der Waals surface area contributed by atoms with E-state index in [1.807, 2.05) is 30.3 Å². The van der Waals surface area contributed by atoms with Crippen LogP contribution in [0.25, 0.3) is 0 Å². The second-order valence-corrected chi connectivity index (χ2v) is 6.20. The molecule has 28 heavy (non-hydrogen) atoms. The smallest absolute Gasteiger partial charge is 0.339 e. The first kappa shape index (κ1) is 21.6. The maximum atomic E-state index is 12.9. The molecule has 2 aromatic rings. The molecule has 0 heterocycles. The van der Waals surface area contributed by atoms with Crippen molar-refractivity contribution < 1.29 is 23.7 Å². The molecule has 0 saturated heterocycles. The number of likely N-dealkylation sites (N-methyl/N-ethyl adjacent to an activating group) is 1.